The van der Waals surface area contributed by atoms with Crippen LogP contribution in [0.15, 0.2) is 0 Å². The number of hydrogen-bond donors (Lipinski definition) is 0. The van der Waals surface area contributed by atoms with Gasteiger partial charge in [0.2, 0.25) is 0 Å². The molecule has 3 nitrogen and oxygen atoms in total. The van der Waals surface area contributed by atoms with Crippen LogP contribution in [0.25, 0.3) is 0 Å². The molecule has 1 atom stereocenters. The summed E-state index contributed by atoms with van der Waals surface area (Å²) >= 11 is 0. The number of ether oxygens (including phenoxy) is 1. The molecule has 0 aliphatic heterocycles. The van der Waals surface area contributed by atoms with Gasteiger partial charge in [-0.1, -0.05) is 71.1 Å². The van der Waals surface area contributed by atoms with Crippen molar-refractivity contribution < 1.29 is 14.0 Å². The molecule has 0 amide bonds. The molecule has 0 saturated heterocycles. The van der Waals surface area contributed by atoms with E-state index in [9.17, 15) is 4.79 Å². The minimum Gasteiger partial charge on any atom is -0.469 e. The van der Waals surface area contributed by atoms with E-state index in [1.165, 1.54) is 71.3 Å². The Bertz CT molecular complexity index is 300. The van der Waals surface area contributed by atoms with Crippen molar-refractivity contribution in [2.45, 2.75) is 116 Å². The van der Waals surface area contributed by atoms with Crippen LogP contribution in [0.4, 0.5) is 0 Å². The maximum absolute atomic E-state index is 11.4. The third kappa shape index (κ3) is 16.5. The van der Waals surface area contributed by atoms with Gasteiger partial charge in [0, 0.05) is 12.5 Å². The highest BCUT2D eigenvalue weighted by Gasteiger charge is 2.21. The molecule has 0 bridgehead atoms. The molecule has 0 radical (unpaired) electrons. The largest absolute Gasteiger partial charge is 0.469 e. The van der Waals surface area contributed by atoms with Crippen molar-refractivity contribution in [1.82, 2.24) is 0 Å². The van der Waals surface area contributed by atoms with Gasteiger partial charge in [-0.25, -0.2) is 0 Å². The summed E-state index contributed by atoms with van der Waals surface area (Å²) < 4.78 is 11.0. The van der Waals surface area contributed by atoms with E-state index in [0.717, 1.165) is 12.8 Å². The highest BCUT2D eigenvalue weighted by Crippen LogP contribution is 2.19. The maximum Gasteiger partial charge on any atom is 0.305 e. The lowest BCUT2D eigenvalue weighted by molar-refractivity contribution is -0.141. The van der Waals surface area contributed by atoms with E-state index in [1.807, 2.05) is 0 Å². The Morgan fingerprint density at radius 3 is 1.79 bits per heavy atom. The van der Waals surface area contributed by atoms with Gasteiger partial charge < -0.3 is 9.16 Å². The monoisotopic (exact) mass is 358 g/mol. The van der Waals surface area contributed by atoms with E-state index in [4.69, 9.17) is 9.16 Å². The Hall–Kier alpha value is -0.353. The highest BCUT2D eigenvalue weighted by molar-refractivity contribution is 6.69. The van der Waals surface area contributed by atoms with E-state index in [0.29, 0.717) is 6.42 Å². The van der Waals surface area contributed by atoms with Crippen LogP contribution in [-0.4, -0.2) is 27.5 Å². The third-order valence-corrected chi connectivity index (χ3v) is 5.34. The van der Waals surface area contributed by atoms with Crippen LogP contribution < -0.4 is 0 Å². The molecule has 0 heterocycles. The summed E-state index contributed by atoms with van der Waals surface area (Å²) in [5.41, 5.74) is 0. The number of hydrogen-bond acceptors (Lipinski definition) is 3. The van der Waals surface area contributed by atoms with Gasteiger partial charge in [-0.15, -0.1) is 0 Å². The maximum atomic E-state index is 11.4. The van der Waals surface area contributed by atoms with Crippen LogP contribution in [-0.2, 0) is 14.0 Å². The zero-order chi connectivity index (χ0) is 18.3. The fraction of sp³-hybridized carbons (Fsp3) is 0.950. The number of carbonyl (C=O) groups excluding carboxylic acids is 1. The first kappa shape index (κ1) is 23.6. The van der Waals surface area contributed by atoms with Crippen LogP contribution in [0.5, 0.6) is 0 Å². The molecule has 0 saturated carbocycles. The second-order valence-electron chi connectivity index (χ2n) is 7.94. The first-order valence-corrected chi connectivity index (χ1v) is 13.5. The smallest absolute Gasteiger partial charge is 0.305 e. The van der Waals surface area contributed by atoms with Crippen LogP contribution in [0.2, 0.25) is 19.6 Å². The Balaban J connectivity index is 3.75. The summed E-state index contributed by atoms with van der Waals surface area (Å²) in [5.74, 6) is -0.123. The van der Waals surface area contributed by atoms with Gasteiger partial charge in [-0.2, -0.15) is 0 Å². The van der Waals surface area contributed by atoms with Crippen LogP contribution in [0.1, 0.15) is 90.4 Å². The highest BCUT2D eigenvalue weighted by atomic mass is 28.4. The van der Waals surface area contributed by atoms with Crippen molar-refractivity contribution in [1.29, 1.82) is 0 Å². The van der Waals surface area contributed by atoms with Crippen molar-refractivity contribution in [3.63, 3.8) is 0 Å². The lowest BCUT2D eigenvalue weighted by Gasteiger charge is -2.26. The van der Waals surface area contributed by atoms with Gasteiger partial charge >= 0.3 is 5.97 Å². The lowest BCUT2D eigenvalue weighted by atomic mass is 10.0. The topological polar surface area (TPSA) is 35.5 Å². The average molecular weight is 359 g/mol. The molecule has 1 unspecified atom stereocenters. The third-order valence-electron chi connectivity index (χ3n) is 4.30. The quantitative estimate of drug-likeness (QED) is 0.180. The van der Waals surface area contributed by atoms with Crippen molar-refractivity contribution in [3.05, 3.63) is 0 Å². The fourth-order valence-electron chi connectivity index (χ4n) is 3.00. The number of unbranched alkanes of at least 4 members (excludes halogenated alkanes) is 9. The predicted octanol–water partition coefficient (Wildman–Crippen LogP) is 6.47. The molecular weight excluding hydrogens is 316 g/mol. The Kier molecular flexibility index (Phi) is 14.7. The van der Waals surface area contributed by atoms with Crippen molar-refractivity contribution in [2.75, 3.05) is 7.11 Å². The Labute approximate surface area is 152 Å². The van der Waals surface area contributed by atoms with E-state index in [1.54, 1.807) is 0 Å². The standard InChI is InChI=1S/C20H42O3Si/c1-6-7-8-9-10-11-12-13-14-15-16-19(23-24(3,4)5)17-18-20(21)22-2/h19H,6-18H2,1-5H3. The number of rotatable bonds is 16. The molecule has 0 fully saturated rings. The van der Waals surface area contributed by atoms with Gasteiger partial charge in [-0.3, -0.25) is 4.79 Å². The Morgan fingerprint density at radius 2 is 1.33 bits per heavy atom. The first-order valence-electron chi connectivity index (χ1n) is 10.1. The van der Waals surface area contributed by atoms with Crippen molar-refractivity contribution in [2.24, 2.45) is 0 Å². The minimum atomic E-state index is -1.55. The zero-order valence-electron chi connectivity index (χ0n) is 17.0. The second kappa shape index (κ2) is 14.9. The van der Waals surface area contributed by atoms with Gasteiger partial charge in [-0.05, 0) is 32.5 Å². The van der Waals surface area contributed by atoms with Crippen molar-refractivity contribution in [3.8, 4) is 0 Å². The first-order chi connectivity index (χ1) is 11.4. The summed E-state index contributed by atoms with van der Waals surface area (Å²) in [6.45, 7) is 8.92. The van der Waals surface area contributed by atoms with E-state index in [2.05, 4.69) is 26.6 Å². The van der Waals surface area contributed by atoms with E-state index >= 15 is 0 Å². The molecule has 4 heteroatoms. The van der Waals surface area contributed by atoms with Crippen LogP contribution >= 0.6 is 0 Å². The molecule has 0 N–H and O–H groups in total. The van der Waals surface area contributed by atoms with E-state index in [-0.39, 0.29) is 12.1 Å². The zero-order valence-corrected chi connectivity index (χ0v) is 18.0. The Morgan fingerprint density at radius 1 is 0.833 bits per heavy atom. The molecule has 0 rings (SSSR count). The van der Waals surface area contributed by atoms with Gasteiger partial charge in [0.25, 0.3) is 0 Å². The summed E-state index contributed by atoms with van der Waals surface area (Å²) in [6.07, 6.45) is 16.1. The predicted molar refractivity (Wildman–Crippen MR) is 106 cm³/mol. The molecule has 24 heavy (non-hydrogen) atoms. The molecule has 0 spiro atoms. The summed E-state index contributed by atoms with van der Waals surface area (Å²) in [4.78, 5) is 11.4. The molecule has 0 aromatic carbocycles. The van der Waals surface area contributed by atoms with Gasteiger partial charge in [0.1, 0.15) is 0 Å². The van der Waals surface area contributed by atoms with Crippen LogP contribution in [0, 0.1) is 0 Å². The SMILES string of the molecule is CCCCCCCCCCCCC(CCC(=O)OC)O[Si](C)(C)C. The molecule has 0 aromatic heterocycles. The fourth-order valence-corrected chi connectivity index (χ4v) is 4.24. The van der Waals surface area contributed by atoms with Gasteiger partial charge in [0.05, 0.1) is 7.11 Å². The van der Waals surface area contributed by atoms with E-state index < -0.39 is 8.32 Å². The summed E-state index contributed by atoms with van der Waals surface area (Å²) in [7, 11) is -0.0946. The molecule has 144 valence electrons. The molecular formula is C20H42O3Si. The summed E-state index contributed by atoms with van der Waals surface area (Å²) in [5, 5.41) is 0. The number of methoxy groups -OCH3 is 1. The molecule has 0 aliphatic carbocycles. The number of carbonyl (C=O) groups is 1. The minimum absolute atomic E-state index is 0.123. The molecule has 0 aromatic rings. The molecule has 0 aliphatic rings. The number of esters is 1. The van der Waals surface area contributed by atoms with Crippen LogP contribution in [0.3, 0.4) is 0 Å². The second-order valence-corrected chi connectivity index (χ2v) is 12.4. The lowest BCUT2D eigenvalue weighted by Crippen LogP contribution is -2.32. The normalized spacial score (nSPS) is 13.0. The summed E-state index contributed by atoms with van der Waals surface area (Å²) in [6, 6.07) is 0. The average Bonchev–Trinajstić information content (AvgIpc) is 2.52. The van der Waals surface area contributed by atoms with Crippen molar-refractivity contribution >= 4 is 14.3 Å². The van der Waals surface area contributed by atoms with Gasteiger partial charge in [0.15, 0.2) is 8.32 Å².